The van der Waals surface area contributed by atoms with E-state index in [1.54, 1.807) is 0 Å². The highest BCUT2D eigenvalue weighted by Gasteiger charge is 2.13. The summed E-state index contributed by atoms with van der Waals surface area (Å²) in [6.07, 6.45) is 12.7. The fourth-order valence-corrected chi connectivity index (χ4v) is 2.42. The Morgan fingerprint density at radius 2 is 1.45 bits per heavy atom. The molecule has 0 aromatic carbocycles. The number of allylic oxidation sites excluding steroid dienone is 6. The van der Waals surface area contributed by atoms with E-state index in [-0.39, 0.29) is 12.0 Å². The van der Waals surface area contributed by atoms with Crippen LogP contribution in [0.5, 0.6) is 0 Å². The summed E-state index contributed by atoms with van der Waals surface area (Å²) >= 11 is 0. The van der Waals surface area contributed by atoms with Gasteiger partial charge in [0.1, 0.15) is 0 Å². The first-order chi connectivity index (χ1) is 10.3. The third-order valence-corrected chi connectivity index (χ3v) is 4.10. The van der Waals surface area contributed by atoms with E-state index >= 15 is 0 Å². The predicted molar refractivity (Wildman–Crippen MR) is 100 cm³/mol. The molecule has 0 aliphatic heterocycles. The Bertz CT molecular complexity index is 431. The van der Waals surface area contributed by atoms with Gasteiger partial charge in [-0.05, 0) is 72.8 Å². The number of hydrogen-bond donors (Lipinski definition) is 1. The standard InChI is InChI=1S/C21H36O/c1-8-17(4)12-10-14-19(6)21(22)20(7)15-18(5)13-9-11-16(2)3/h8,11,14-15,20-22H,9-10,12-13H2,1-7H3/b17-8+,18-15+,19-14+. The lowest BCUT2D eigenvalue weighted by Gasteiger charge is -2.18. The van der Waals surface area contributed by atoms with Crippen molar-refractivity contribution in [3.8, 4) is 0 Å². The molecule has 1 nitrogen and oxygen atoms in total. The summed E-state index contributed by atoms with van der Waals surface area (Å²) in [6, 6.07) is 0. The molecule has 22 heavy (non-hydrogen) atoms. The van der Waals surface area contributed by atoms with Gasteiger partial charge in [-0.3, -0.25) is 0 Å². The zero-order valence-corrected chi connectivity index (χ0v) is 15.7. The van der Waals surface area contributed by atoms with Crippen LogP contribution in [0.2, 0.25) is 0 Å². The lowest BCUT2D eigenvalue weighted by molar-refractivity contribution is 0.172. The van der Waals surface area contributed by atoms with Crippen LogP contribution in [0.4, 0.5) is 0 Å². The molecule has 1 N–H and O–H groups in total. The van der Waals surface area contributed by atoms with E-state index in [1.807, 2.05) is 6.92 Å². The molecule has 0 amide bonds. The van der Waals surface area contributed by atoms with Gasteiger partial charge in [-0.2, -0.15) is 0 Å². The number of hydrogen-bond acceptors (Lipinski definition) is 1. The average Bonchev–Trinajstić information content (AvgIpc) is 2.45. The highest BCUT2D eigenvalue weighted by atomic mass is 16.3. The molecule has 0 aliphatic rings. The summed E-state index contributed by atoms with van der Waals surface area (Å²) in [4.78, 5) is 0. The molecular formula is C21H36O. The smallest absolute Gasteiger partial charge is 0.0807 e. The van der Waals surface area contributed by atoms with Gasteiger partial charge >= 0.3 is 0 Å². The van der Waals surface area contributed by atoms with Gasteiger partial charge in [0.15, 0.2) is 0 Å². The maximum absolute atomic E-state index is 10.4. The van der Waals surface area contributed by atoms with Crippen molar-refractivity contribution < 1.29 is 5.11 Å². The number of aliphatic hydroxyl groups excluding tert-OH is 1. The van der Waals surface area contributed by atoms with Gasteiger partial charge in [-0.15, -0.1) is 0 Å². The summed E-state index contributed by atoms with van der Waals surface area (Å²) in [5.41, 5.74) is 5.23. The second-order valence-electron chi connectivity index (χ2n) is 6.76. The van der Waals surface area contributed by atoms with Crippen LogP contribution in [0.15, 0.2) is 46.6 Å². The molecule has 0 spiro atoms. The third kappa shape index (κ3) is 9.78. The van der Waals surface area contributed by atoms with E-state index in [0.717, 1.165) is 31.3 Å². The summed E-state index contributed by atoms with van der Waals surface area (Å²) in [5.74, 6) is 0.172. The Kier molecular flexibility index (Phi) is 10.9. The van der Waals surface area contributed by atoms with Gasteiger partial charge in [0.2, 0.25) is 0 Å². The van der Waals surface area contributed by atoms with Crippen molar-refractivity contribution in [2.45, 2.75) is 80.3 Å². The maximum Gasteiger partial charge on any atom is 0.0807 e. The Morgan fingerprint density at radius 3 is 2.00 bits per heavy atom. The second kappa shape index (κ2) is 11.5. The number of rotatable bonds is 9. The van der Waals surface area contributed by atoms with Crippen LogP contribution in [0, 0.1) is 5.92 Å². The highest BCUT2D eigenvalue weighted by molar-refractivity contribution is 5.13. The molecule has 0 aliphatic carbocycles. The largest absolute Gasteiger partial charge is 0.388 e. The van der Waals surface area contributed by atoms with E-state index < -0.39 is 0 Å². The van der Waals surface area contributed by atoms with Gasteiger partial charge in [-0.1, -0.05) is 47.9 Å². The van der Waals surface area contributed by atoms with Crippen molar-refractivity contribution in [3.05, 3.63) is 46.6 Å². The predicted octanol–water partition coefficient (Wildman–Crippen LogP) is 6.37. The van der Waals surface area contributed by atoms with Crippen LogP contribution in [0.1, 0.15) is 74.1 Å². The quantitative estimate of drug-likeness (QED) is 0.491. The normalized spacial score (nSPS) is 16.5. The van der Waals surface area contributed by atoms with Gasteiger partial charge in [0.05, 0.1) is 6.10 Å². The first-order valence-electron chi connectivity index (χ1n) is 8.55. The lowest BCUT2D eigenvalue weighted by Crippen LogP contribution is -2.17. The Morgan fingerprint density at radius 1 is 0.909 bits per heavy atom. The van der Waals surface area contributed by atoms with Crippen LogP contribution in [0.25, 0.3) is 0 Å². The van der Waals surface area contributed by atoms with Gasteiger partial charge in [-0.25, -0.2) is 0 Å². The fourth-order valence-electron chi connectivity index (χ4n) is 2.42. The lowest BCUT2D eigenvalue weighted by atomic mass is 9.94. The average molecular weight is 305 g/mol. The van der Waals surface area contributed by atoms with Crippen molar-refractivity contribution in [1.82, 2.24) is 0 Å². The van der Waals surface area contributed by atoms with E-state index in [1.165, 1.54) is 16.7 Å². The Labute approximate surface area is 138 Å². The van der Waals surface area contributed by atoms with Crippen molar-refractivity contribution in [2.75, 3.05) is 0 Å². The molecular weight excluding hydrogens is 268 g/mol. The molecule has 0 fully saturated rings. The maximum atomic E-state index is 10.4. The van der Waals surface area contributed by atoms with Gasteiger partial charge in [0.25, 0.3) is 0 Å². The molecule has 0 saturated carbocycles. The minimum absolute atomic E-state index is 0.172. The van der Waals surface area contributed by atoms with Crippen LogP contribution in [-0.4, -0.2) is 11.2 Å². The fraction of sp³-hybridized carbons (Fsp3) is 0.619. The molecule has 1 heteroatoms. The Balaban J connectivity index is 4.47. The molecule has 2 unspecified atom stereocenters. The monoisotopic (exact) mass is 304 g/mol. The van der Waals surface area contributed by atoms with Crippen LogP contribution >= 0.6 is 0 Å². The summed E-state index contributed by atoms with van der Waals surface area (Å²) in [7, 11) is 0. The molecule has 0 bridgehead atoms. The first kappa shape index (κ1) is 20.9. The van der Waals surface area contributed by atoms with Crippen LogP contribution in [-0.2, 0) is 0 Å². The van der Waals surface area contributed by atoms with Crippen molar-refractivity contribution in [3.63, 3.8) is 0 Å². The van der Waals surface area contributed by atoms with Crippen LogP contribution < -0.4 is 0 Å². The summed E-state index contributed by atoms with van der Waals surface area (Å²) < 4.78 is 0. The molecule has 0 radical (unpaired) electrons. The minimum Gasteiger partial charge on any atom is -0.388 e. The van der Waals surface area contributed by atoms with Crippen molar-refractivity contribution in [1.29, 1.82) is 0 Å². The van der Waals surface area contributed by atoms with E-state index in [4.69, 9.17) is 0 Å². The molecule has 126 valence electrons. The highest BCUT2D eigenvalue weighted by Crippen LogP contribution is 2.19. The second-order valence-corrected chi connectivity index (χ2v) is 6.76. The van der Waals surface area contributed by atoms with E-state index in [9.17, 15) is 5.11 Å². The van der Waals surface area contributed by atoms with Crippen LogP contribution in [0.3, 0.4) is 0 Å². The van der Waals surface area contributed by atoms with E-state index in [0.29, 0.717) is 0 Å². The zero-order chi connectivity index (χ0) is 17.1. The van der Waals surface area contributed by atoms with Gasteiger partial charge < -0.3 is 5.11 Å². The summed E-state index contributed by atoms with van der Waals surface area (Å²) in [5, 5.41) is 10.4. The van der Waals surface area contributed by atoms with Gasteiger partial charge in [0, 0.05) is 5.92 Å². The van der Waals surface area contributed by atoms with E-state index in [2.05, 4.69) is 65.8 Å². The topological polar surface area (TPSA) is 20.2 Å². The Hall–Kier alpha value is -1.08. The molecule has 0 aromatic heterocycles. The zero-order valence-electron chi connectivity index (χ0n) is 15.7. The minimum atomic E-state index is -0.371. The summed E-state index contributed by atoms with van der Waals surface area (Å²) in [6.45, 7) is 14.8. The molecule has 0 heterocycles. The third-order valence-electron chi connectivity index (χ3n) is 4.10. The number of aliphatic hydroxyl groups is 1. The van der Waals surface area contributed by atoms with Crippen molar-refractivity contribution in [2.24, 2.45) is 5.92 Å². The first-order valence-corrected chi connectivity index (χ1v) is 8.55. The SMILES string of the molecule is C/C=C(\C)CC/C=C(\C)C(O)C(C)/C=C(\C)CCC=C(C)C. The molecule has 0 saturated heterocycles. The molecule has 0 aromatic rings. The van der Waals surface area contributed by atoms with Crippen molar-refractivity contribution >= 4 is 0 Å². The molecule has 2 atom stereocenters. The molecule has 0 rings (SSSR count).